The van der Waals surface area contributed by atoms with E-state index >= 15 is 0 Å². The Bertz CT molecular complexity index is 788. The lowest BCUT2D eigenvalue weighted by Crippen LogP contribution is -2.16. The maximum atomic E-state index is 12.2. The molecule has 104 valence electrons. The maximum Gasteiger partial charge on any atom is 0.276 e. The van der Waals surface area contributed by atoms with Gasteiger partial charge in [-0.05, 0) is 18.2 Å². The second kappa shape index (κ2) is 5.54. The van der Waals surface area contributed by atoms with Crippen LogP contribution in [-0.2, 0) is 0 Å². The van der Waals surface area contributed by atoms with E-state index in [-0.39, 0.29) is 11.9 Å². The molecule has 1 aromatic carbocycles. The van der Waals surface area contributed by atoms with E-state index in [4.69, 9.17) is 0 Å². The zero-order valence-electron chi connectivity index (χ0n) is 11.4. The molecule has 0 atom stereocenters. The van der Waals surface area contributed by atoms with Crippen molar-refractivity contribution in [3.63, 3.8) is 0 Å². The first-order valence-electron chi connectivity index (χ1n) is 6.44. The second-order valence-electron chi connectivity index (χ2n) is 4.35. The fourth-order valence-corrected chi connectivity index (χ4v) is 2.03. The second-order valence-corrected chi connectivity index (χ2v) is 4.35. The van der Waals surface area contributed by atoms with Crippen LogP contribution in [-0.4, -0.2) is 27.9 Å². The van der Waals surface area contributed by atoms with Crippen LogP contribution in [0.15, 0.2) is 48.8 Å². The van der Waals surface area contributed by atoms with E-state index < -0.39 is 0 Å². The van der Waals surface area contributed by atoms with E-state index in [2.05, 4.69) is 25.6 Å². The van der Waals surface area contributed by atoms with Crippen molar-refractivity contribution in [2.45, 2.75) is 0 Å². The Hall–Kier alpha value is -3.02. The molecule has 0 bridgehead atoms. The van der Waals surface area contributed by atoms with Crippen molar-refractivity contribution in [3.05, 3.63) is 54.5 Å². The van der Waals surface area contributed by atoms with Crippen LogP contribution < -0.4 is 10.6 Å². The molecule has 0 fully saturated rings. The highest BCUT2D eigenvalue weighted by Crippen LogP contribution is 2.22. The number of hydrogen-bond donors (Lipinski definition) is 2. The smallest absolute Gasteiger partial charge is 0.276 e. The Balaban J connectivity index is 1.98. The van der Waals surface area contributed by atoms with Crippen LogP contribution in [0.5, 0.6) is 0 Å². The molecule has 3 rings (SSSR count). The van der Waals surface area contributed by atoms with Crippen LogP contribution in [0.3, 0.4) is 0 Å². The monoisotopic (exact) mass is 279 g/mol. The van der Waals surface area contributed by atoms with E-state index in [1.54, 1.807) is 24.5 Å². The standard InChI is InChI=1S/C15H13N5O/c1-16-12-9-13(19-11-6-3-2-5-10(11)12)14(21)20-15-17-7-4-8-18-15/h2-9H,1H3,(H,16,19)(H,17,18,20,21). The topological polar surface area (TPSA) is 79.8 Å². The number of benzene rings is 1. The summed E-state index contributed by atoms with van der Waals surface area (Å²) in [4.78, 5) is 24.5. The highest BCUT2D eigenvalue weighted by molar-refractivity contribution is 6.05. The molecule has 2 heterocycles. The van der Waals surface area contributed by atoms with Crippen molar-refractivity contribution in [2.24, 2.45) is 0 Å². The SMILES string of the molecule is CNc1cc(C(=O)Nc2ncccn2)nc2ccccc12. The van der Waals surface area contributed by atoms with Gasteiger partial charge in [0, 0.05) is 30.5 Å². The minimum Gasteiger partial charge on any atom is -0.388 e. The maximum absolute atomic E-state index is 12.2. The van der Waals surface area contributed by atoms with E-state index in [1.807, 2.05) is 31.3 Å². The largest absolute Gasteiger partial charge is 0.388 e. The summed E-state index contributed by atoms with van der Waals surface area (Å²) in [5.74, 6) is -0.0908. The predicted molar refractivity (Wildman–Crippen MR) is 81.3 cm³/mol. The van der Waals surface area contributed by atoms with Gasteiger partial charge in [0.2, 0.25) is 5.95 Å². The van der Waals surface area contributed by atoms with Crippen LogP contribution >= 0.6 is 0 Å². The molecule has 21 heavy (non-hydrogen) atoms. The number of carbonyl (C=O) groups excluding carboxylic acids is 1. The molecule has 6 nitrogen and oxygen atoms in total. The van der Waals surface area contributed by atoms with Gasteiger partial charge >= 0.3 is 0 Å². The Labute approximate surface area is 121 Å². The van der Waals surface area contributed by atoms with Crippen molar-refractivity contribution in [2.75, 3.05) is 17.7 Å². The van der Waals surface area contributed by atoms with Gasteiger partial charge in [-0.3, -0.25) is 10.1 Å². The third kappa shape index (κ3) is 2.64. The Kier molecular flexibility index (Phi) is 3.42. The number of aromatic nitrogens is 3. The van der Waals surface area contributed by atoms with Crippen LogP contribution in [0.25, 0.3) is 10.9 Å². The number of nitrogens with one attached hydrogen (secondary N) is 2. The molecule has 2 aromatic heterocycles. The van der Waals surface area contributed by atoms with Gasteiger partial charge < -0.3 is 5.32 Å². The van der Waals surface area contributed by atoms with Crippen molar-refractivity contribution in [1.29, 1.82) is 0 Å². The normalized spacial score (nSPS) is 10.3. The van der Waals surface area contributed by atoms with Gasteiger partial charge in [0.25, 0.3) is 5.91 Å². The van der Waals surface area contributed by atoms with E-state index in [0.717, 1.165) is 16.6 Å². The summed E-state index contributed by atoms with van der Waals surface area (Å²) in [6, 6.07) is 11.0. The first-order chi connectivity index (χ1) is 10.3. The first-order valence-corrected chi connectivity index (χ1v) is 6.44. The van der Waals surface area contributed by atoms with Crippen molar-refractivity contribution >= 4 is 28.4 Å². The van der Waals surface area contributed by atoms with Gasteiger partial charge in [-0.25, -0.2) is 15.0 Å². The summed E-state index contributed by atoms with van der Waals surface area (Å²) < 4.78 is 0. The van der Waals surface area contributed by atoms with Gasteiger partial charge in [0.05, 0.1) is 5.52 Å². The number of amides is 1. The molecule has 0 aliphatic rings. The van der Waals surface area contributed by atoms with Crippen molar-refractivity contribution in [1.82, 2.24) is 15.0 Å². The van der Waals surface area contributed by atoms with Crippen LogP contribution in [0, 0.1) is 0 Å². The fraction of sp³-hybridized carbons (Fsp3) is 0.0667. The van der Waals surface area contributed by atoms with E-state index in [1.165, 1.54) is 0 Å². The zero-order valence-corrected chi connectivity index (χ0v) is 11.4. The molecular formula is C15H13N5O. The summed E-state index contributed by atoms with van der Waals surface area (Å²) in [5, 5.41) is 6.67. The van der Waals surface area contributed by atoms with Gasteiger partial charge in [-0.2, -0.15) is 0 Å². The number of anilines is 2. The van der Waals surface area contributed by atoms with Gasteiger partial charge in [-0.15, -0.1) is 0 Å². The minimum atomic E-state index is -0.344. The molecule has 3 aromatic rings. The first kappa shape index (κ1) is 13.0. The lowest BCUT2D eigenvalue weighted by molar-refractivity contribution is 0.102. The number of pyridine rings is 1. The zero-order chi connectivity index (χ0) is 14.7. The molecule has 0 unspecified atom stereocenters. The molecule has 6 heteroatoms. The highest BCUT2D eigenvalue weighted by Gasteiger charge is 2.12. The Morgan fingerprint density at radius 3 is 2.62 bits per heavy atom. The van der Waals surface area contributed by atoms with Crippen LogP contribution in [0.1, 0.15) is 10.5 Å². The summed E-state index contributed by atoms with van der Waals surface area (Å²) in [7, 11) is 1.81. The molecule has 0 saturated carbocycles. The number of fused-ring (bicyclic) bond motifs is 1. The Morgan fingerprint density at radius 1 is 1.10 bits per heavy atom. The van der Waals surface area contributed by atoms with Gasteiger partial charge in [0.1, 0.15) is 5.69 Å². The predicted octanol–water partition coefficient (Wildman–Crippen LogP) is 2.32. The average molecular weight is 279 g/mol. The number of carbonyl (C=O) groups is 1. The lowest BCUT2D eigenvalue weighted by Gasteiger charge is -2.09. The molecule has 0 aliphatic carbocycles. The number of nitrogens with zero attached hydrogens (tertiary/aromatic N) is 3. The Morgan fingerprint density at radius 2 is 1.86 bits per heavy atom. The molecule has 0 spiro atoms. The average Bonchev–Trinajstić information content (AvgIpc) is 2.54. The molecule has 0 aliphatic heterocycles. The third-order valence-electron chi connectivity index (χ3n) is 3.01. The van der Waals surface area contributed by atoms with Gasteiger partial charge in [0.15, 0.2) is 0 Å². The highest BCUT2D eigenvalue weighted by atomic mass is 16.2. The fourth-order valence-electron chi connectivity index (χ4n) is 2.03. The van der Waals surface area contributed by atoms with Crippen LogP contribution in [0.2, 0.25) is 0 Å². The number of para-hydroxylation sites is 1. The molecular weight excluding hydrogens is 266 g/mol. The van der Waals surface area contributed by atoms with Crippen molar-refractivity contribution < 1.29 is 4.79 Å². The van der Waals surface area contributed by atoms with E-state index in [9.17, 15) is 4.79 Å². The summed E-state index contributed by atoms with van der Waals surface area (Å²) in [6.45, 7) is 0. The van der Waals surface area contributed by atoms with Gasteiger partial charge in [-0.1, -0.05) is 18.2 Å². The van der Waals surface area contributed by atoms with Crippen molar-refractivity contribution in [3.8, 4) is 0 Å². The summed E-state index contributed by atoms with van der Waals surface area (Å²) in [6.07, 6.45) is 3.13. The lowest BCUT2D eigenvalue weighted by atomic mass is 10.1. The summed E-state index contributed by atoms with van der Waals surface area (Å²) >= 11 is 0. The minimum absolute atomic E-state index is 0.253. The molecule has 1 amide bonds. The number of rotatable bonds is 3. The molecule has 0 radical (unpaired) electrons. The number of hydrogen-bond acceptors (Lipinski definition) is 5. The third-order valence-corrected chi connectivity index (χ3v) is 3.01. The molecule has 0 saturated heterocycles. The molecule has 2 N–H and O–H groups in total. The van der Waals surface area contributed by atoms with E-state index in [0.29, 0.717) is 5.69 Å². The summed E-state index contributed by atoms with van der Waals surface area (Å²) in [5.41, 5.74) is 1.91. The quantitative estimate of drug-likeness (QED) is 0.769. The van der Waals surface area contributed by atoms with Crippen LogP contribution in [0.4, 0.5) is 11.6 Å².